The highest BCUT2D eigenvalue weighted by molar-refractivity contribution is 5.95. The van der Waals surface area contributed by atoms with Gasteiger partial charge in [-0.15, -0.1) is 0 Å². The van der Waals surface area contributed by atoms with E-state index in [1.165, 1.54) is 0 Å². The van der Waals surface area contributed by atoms with Crippen LogP contribution < -0.4 is 4.74 Å². The molecule has 3 aromatic carbocycles. The molecular weight excluding hydrogens is 348 g/mol. The van der Waals surface area contributed by atoms with Crippen LogP contribution in [0.4, 0.5) is 0 Å². The lowest BCUT2D eigenvalue weighted by Crippen LogP contribution is -1.92. The van der Waals surface area contributed by atoms with Gasteiger partial charge in [-0.05, 0) is 42.0 Å². The van der Waals surface area contributed by atoms with Crippen LogP contribution >= 0.6 is 0 Å². The fraction of sp³-hybridized carbons (Fsp3) is 0.0400. The van der Waals surface area contributed by atoms with Gasteiger partial charge in [0.25, 0.3) is 0 Å². The molecule has 0 saturated heterocycles. The first-order valence-corrected chi connectivity index (χ1v) is 9.21. The van der Waals surface area contributed by atoms with Crippen molar-refractivity contribution in [2.75, 3.05) is 6.61 Å². The first kappa shape index (κ1) is 16.5. The van der Waals surface area contributed by atoms with Gasteiger partial charge >= 0.3 is 0 Å². The van der Waals surface area contributed by atoms with E-state index in [9.17, 15) is 0 Å². The molecule has 0 N–H and O–H groups in total. The van der Waals surface area contributed by atoms with Crippen molar-refractivity contribution in [3.8, 4) is 17.1 Å². The van der Waals surface area contributed by atoms with Crippen LogP contribution in [0.3, 0.4) is 0 Å². The summed E-state index contributed by atoms with van der Waals surface area (Å²) in [5.41, 5.74) is 3.76. The van der Waals surface area contributed by atoms with E-state index in [-0.39, 0.29) is 0 Å². The molecule has 28 heavy (non-hydrogen) atoms. The molecule has 3 nitrogen and oxygen atoms in total. The minimum Gasteiger partial charge on any atom is -0.490 e. The van der Waals surface area contributed by atoms with Crippen molar-refractivity contribution in [3.05, 3.63) is 96.8 Å². The van der Waals surface area contributed by atoms with E-state index in [2.05, 4.69) is 18.2 Å². The summed E-state index contributed by atoms with van der Waals surface area (Å²) in [6.07, 6.45) is 5.80. The summed E-state index contributed by atoms with van der Waals surface area (Å²) in [7, 11) is 0. The summed E-state index contributed by atoms with van der Waals surface area (Å²) in [6.45, 7) is 0.498. The van der Waals surface area contributed by atoms with Gasteiger partial charge in [0.1, 0.15) is 35.5 Å². The Labute approximate surface area is 162 Å². The Morgan fingerprint density at radius 3 is 2.57 bits per heavy atom. The Bertz CT molecular complexity index is 1230. The van der Waals surface area contributed by atoms with Crippen molar-refractivity contribution in [2.24, 2.45) is 0 Å². The molecule has 5 rings (SSSR count). The lowest BCUT2D eigenvalue weighted by atomic mass is 10.1. The van der Waals surface area contributed by atoms with Gasteiger partial charge in [-0.3, -0.25) is 0 Å². The van der Waals surface area contributed by atoms with Crippen molar-refractivity contribution in [1.82, 2.24) is 0 Å². The molecular formula is C25H18O3. The number of fused-ring (bicyclic) bond motifs is 2. The second-order valence-electron chi connectivity index (χ2n) is 6.58. The fourth-order valence-electron chi connectivity index (χ4n) is 3.30. The fourth-order valence-corrected chi connectivity index (χ4v) is 3.30. The Balaban J connectivity index is 1.39. The molecule has 3 heteroatoms. The molecule has 2 aromatic heterocycles. The second-order valence-corrected chi connectivity index (χ2v) is 6.58. The van der Waals surface area contributed by atoms with E-state index >= 15 is 0 Å². The molecule has 0 saturated carbocycles. The summed E-state index contributed by atoms with van der Waals surface area (Å²) in [5, 5.41) is 2.05. The van der Waals surface area contributed by atoms with Crippen LogP contribution in [0.25, 0.3) is 39.3 Å². The quantitative estimate of drug-likeness (QED) is 0.338. The Kier molecular flexibility index (Phi) is 4.19. The summed E-state index contributed by atoms with van der Waals surface area (Å²) >= 11 is 0. The van der Waals surface area contributed by atoms with Crippen LogP contribution in [0.1, 0.15) is 5.56 Å². The molecule has 5 aromatic rings. The summed E-state index contributed by atoms with van der Waals surface area (Å²) in [4.78, 5) is 0. The number of benzene rings is 3. The number of furan rings is 2. The van der Waals surface area contributed by atoms with Crippen LogP contribution in [-0.4, -0.2) is 6.61 Å². The van der Waals surface area contributed by atoms with Crippen molar-refractivity contribution in [2.45, 2.75) is 0 Å². The van der Waals surface area contributed by atoms with Gasteiger partial charge in [0, 0.05) is 10.8 Å². The normalized spacial score (nSPS) is 11.6. The average Bonchev–Trinajstić information content (AvgIpc) is 3.35. The molecule has 0 fully saturated rings. The smallest absolute Gasteiger partial charge is 0.139 e. The van der Waals surface area contributed by atoms with Crippen LogP contribution in [-0.2, 0) is 0 Å². The summed E-state index contributed by atoms with van der Waals surface area (Å²) in [6, 6.07) is 26.0. The van der Waals surface area contributed by atoms with Crippen molar-refractivity contribution < 1.29 is 13.6 Å². The van der Waals surface area contributed by atoms with E-state index in [1.54, 1.807) is 6.26 Å². The van der Waals surface area contributed by atoms with E-state index in [4.69, 9.17) is 13.6 Å². The van der Waals surface area contributed by atoms with Gasteiger partial charge in [-0.25, -0.2) is 0 Å². The first-order valence-electron chi connectivity index (χ1n) is 9.21. The van der Waals surface area contributed by atoms with Crippen LogP contribution in [0.5, 0.6) is 5.75 Å². The van der Waals surface area contributed by atoms with Gasteiger partial charge < -0.3 is 13.6 Å². The minimum absolute atomic E-state index is 0.498. The Hall–Kier alpha value is -3.72. The van der Waals surface area contributed by atoms with E-state index in [0.717, 1.165) is 44.6 Å². The molecule has 0 spiro atoms. The SMILES string of the molecule is C(=Cc1ccccc1)COc1ccc2occ(-c3cc4ccccc4o3)c2c1. The Morgan fingerprint density at radius 1 is 0.821 bits per heavy atom. The molecule has 0 unspecified atom stereocenters. The highest BCUT2D eigenvalue weighted by Crippen LogP contribution is 2.35. The van der Waals surface area contributed by atoms with Gasteiger partial charge in [0.2, 0.25) is 0 Å². The topological polar surface area (TPSA) is 35.5 Å². The van der Waals surface area contributed by atoms with Crippen molar-refractivity contribution in [3.63, 3.8) is 0 Å². The monoisotopic (exact) mass is 366 g/mol. The van der Waals surface area contributed by atoms with Crippen LogP contribution in [0, 0.1) is 0 Å². The molecule has 2 heterocycles. The standard InChI is InChI=1S/C25H18O3/c1-2-7-18(8-3-1)9-6-14-26-20-12-13-24-21(16-20)22(17-27-24)25-15-19-10-4-5-11-23(19)28-25/h1-13,15-17H,14H2. The molecule has 0 aliphatic carbocycles. The molecule has 0 amide bonds. The summed E-state index contributed by atoms with van der Waals surface area (Å²) < 4.78 is 17.6. The third kappa shape index (κ3) is 3.19. The maximum Gasteiger partial charge on any atom is 0.139 e. The molecule has 0 atom stereocenters. The zero-order chi connectivity index (χ0) is 18.8. The van der Waals surface area contributed by atoms with Gasteiger partial charge in [0.15, 0.2) is 0 Å². The molecule has 136 valence electrons. The van der Waals surface area contributed by atoms with Crippen molar-refractivity contribution in [1.29, 1.82) is 0 Å². The van der Waals surface area contributed by atoms with Crippen LogP contribution in [0.15, 0.2) is 100 Å². The number of ether oxygens (including phenoxy) is 1. The van der Waals surface area contributed by atoms with Gasteiger partial charge in [-0.2, -0.15) is 0 Å². The lowest BCUT2D eigenvalue weighted by molar-refractivity contribution is 0.364. The predicted molar refractivity (Wildman–Crippen MR) is 112 cm³/mol. The van der Waals surface area contributed by atoms with Gasteiger partial charge in [0.05, 0.1) is 5.56 Å². The van der Waals surface area contributed by atoms with E-state index in [1.807, 2.05) is 72.8 Å². The lowest BCUT2D eigenvalue weighted by Gasteiger charge is -2.03. The third-order valence-electron chi connectivity index (χ3n) is 4.69. The second kappa shape index (κ2) is 7.12. The highest BCUT2D eigenvalue weighted by Gasteiger charge is 2.13. The average molecular weight is 366 g/mol. The van der Waals surface area contributed by atoms with Gasteiger partial charge in [-0.1, -0.05) is 54.6 Å². The van der Waals surface area contributed by atoms with Crippen LogP contribution in [0.2, 0.25) is 0 Å². The number of hydrogen-bond donors (Lipinski definition) is 0. The third-order valence-corrected chi connectivity index (χ3v) is 4.69. The molecule has 0 radical (unpaired) electrons. The summed E-state index contributed by atoms with van der Waals surface area (Å²) in [5.74, 6) is 1.59. The maximum atomic E-state index is 6.00. The zero-order valence-electron chi connectivity index (χ0n) is 15.2. The largest absolute Gasteiger partial charge is 0.490 e. The zero-order valence-corrected chi connectivity index (χ0v) is 15.2. The predicted octanol–water partition coefficient (Wildman–Crippen LogP) is 6.94. The first-order chi connectivity index (χ1) is 13.9. The number of rotatable bonds is 5. The van der Waals surface area contributed by atoms with Crippen molar-refractivity contribution >= 4 is 28.0 Å². The molecule has 0 bridgehead atoms. The molecule has 0 aliphatic rings. The Morgan fingerprint density at radius 2 is 1.68 bits per heavy atom. The van der Waals surface area contributed by atoms with E-state index in [0.29, 0.717) is 6.61 Å². The molecule has 0 aliphatic heterocycles. The maximum absolute atomic E-state index is 6.00. The highest BCUT2D eigenvalue weighted by atomic mass is 16.5. The number of hydrogen-bond acceptors (Lipinski definition) is 3. The minimum atomic E-state index is 0.498. The van der Waals surface area contributed by atoms with E-state index < -0.39 is 0 Å². The number of para-hydroxylation sites is 1.